The maximum Gasteiger partial charge on any atom is 0.320 e. The highest BCUT2D eigenvalue weighted by atomic mass is 16.2. The molecule has 1 aliphatic rings. The summed E-state index contributed by atoms with van der Waals surface area (Å²) in [5.41, 5.74) is 2.92. The Hall–Kier alpha value is -2.37. The molecular formula is C16H21N5O. The summed E-state index contributed by atoms with van der Waals surface area (Å²) in [5, 5.41) is 10.1. The van der Waals surface area contributed by atoms with Crippen LogP contribution in [0.2, 0.25) is 0 Å². The van der Waals surface area contributed by atoms with Gasteiger partial charge in [-0.2, -0.15) is 5.10 Å². The van der Waals surface area contributed by atoms with Crippen LogP contribution in [0.3, 0.4) is 0 Å². The Morgan fingerprint density at radius 3 is 2.91 bits per heavy atom. The van der Waals surface area contributed by atoms with Crippen molar-refractivity contribution in [3.8, 4) is 0 Å². The number of carbonyl (C=O) groups excluding carboxylic acids is 1. The van der Waals surface area contributed by atoms with E-state index < -0.39 is 0 Å². The van der Waals surface area contributed by atoms with E-state index in [1.165, 1.54) is 12.8 Å². The molecule has 0 aromatic carbocycles. The molecule has 0 bridgehead atoms. The van der Waals surface area contributed by atoms with E-state index in [1.807, 2.05) is 30.7 Å². The number of urea groups is 1. The normalized spacial score (nSPS) is 13.9. The van der Waals surface area contributed by atoms with Gasteiger partial charge >= 0.3 is 6.03 Å². The highest BCUT2D eigenvalue weighted by Crippen LogP contribution is 2.31. The number of hydrogen-bond acceptors (Lipinski definition) is 3. The molecule has 116 valence electrons. The van der Waals surface area contributed by atoms with Crippen molar-refractivity contribution in [3.63, 3.8) is 0 Å². The number of pyridine rings is 1. The van der Waals surface area contributed by atoms with Gasteiger partial charge < -0.3 is 5.32 Å². The highest BCUT2D eigenvalue weighted by Gasteiger charge is 2.24. The molecule has 3 rings (SSSR count). The number of aromatic nitrogens is 3. The Kier molecular flexibility index (Phi) is 4.09. The maximum atomic E-state index is 12.1. The molecule has 0 aliphatic heterocycles. The van der Waals surface area contributed by atoms with Crippen LogP contribution in [0.15, 0.2) is 24.5 Å². The Balaban J connectivity index is 1.59. The van der Waals surface area contributed by atoms with E-state index in [0.717, 1.165) is 29.2 Å². The third kappa shape index (κ3) is 3.44. The first-order chi connectivity index (χ1) is 10.6. The number of rotatable bonds is 5. The number of carbonyl (C=O) groups is 1. The molecule has 6 heteroatoms. The summed E-state index contributed by atoms with van der Waals surface area (Å²) in [7, 11) is 0. The minimum atomic E-state index is -0.231. The van der Waals surface area contributed by atoms with E-state index in [2.05, 4.69) is 20.7 Å². The second kappa shape index (κ2) is 6.17. The third-order valence-corrected chi connectivity index (χ3v) is 3.92. The van der Waals surface area contributed by atoms with Gasteiger partial charge in [-0.15, -0.1) is 0 Å². The molecule has 2 amide bonds. The predicted molar refractivity (Wildman–Crippen MR) is 84.5 cm³/mol. The van der Waals surface area contributed by atoms with Crippen LogP contribution in [0.1, 0.15) is 29.7 Å². The monoisotopic (exact) mass is 299 g/mol. The molecule has 2 aromatic heterocycles. The molecule has 6 nitrogen and oxygen atoms in total. The van der Waals surface area contributed by atoms with Crippen molar-refractivity contribution >= 4 is 11.8 Å². The summed E-state index contributed by atoms with van der Waals surface area (Å²) in [5.74, 6) is 1.49. The lowest BCUT2D eigenvalue weighted by Gasteiger charge is -2.11. The maximum absolute atomic E-state index is 12.1. The van der Waals surface area contributed by atoms with Gasteiger partial charge in [-0.25, -0.2) is 9.48 Å². The molecule has 1 saturated carbocycles. The minimum Gasteiger partial charge on any atom is -0.332 e. The first kappa shape index (κ1) is 14.6. The Labute approximate surface area is 129 Å². The molecule has 0 spiro atoms. The van der Waals surface area contributed by atoms with Crippen molar-refractivity contribution in [2.24, 2.45) is 5.92 Å². The minimum absolute atomic E-state index is 0.231. The molecule has 0 unspecified atom stereocenters. The van der Waals surface area contributed by atoms with Gasteiger partial charge in [0.25, 0.3) is 0 Å². The molecule has 2 heterocycles. The van der Waals surface area contributed by atoms with Crippen LogP contribution in [-0.4, -0.2) is 20.8 Å². The second-order valence-electron chi connectivity index (χ2n) is 5.88. The topological polar surface area (TPSA) is 71.8 Å². The lowest BCUT2D eigenvalue weighted by atomic mass is 10.2. The van der Waals surface area contributed by atoms with Gasteiger partial charge in [-0.1, -0.05) is 6.07 Å². The second-order valence-corrected chi connectivity index (χ2v) is 5.88. The van der Waals surface area contributed by atoms with E-state index in [9.17, 15) is 4.79 Å². The third-order valence-electron chi connectivity index (χ3n) is 3.92. The van der Waals surface area contributed by atoms with Gasteiger partial charge in [0, 0.05) is 18.3 Å². The van der Waals surface area contributed by atoms with Crippen LogP contribution >= 0.6 is 0 Å². The van der Waals surface area contributed by atoms with E-state index in [0.29, 0.717) is 12.5 Å². The molecule has 1 fully saturated rings. The Morgan fingerprint density at radius 1 is 1.36 bits per heavy atom. The predicted octanol–water partition coefficient (Wildman–Crippen LogP) is 2.63. The zero-order chi connectivity index (χ0) is 15.5. The van der Waals surface area contributed by atoms with Gasteiger partial charge in [0.2, 0.25) is 0 Å². The fraction of sp³-hybridized carbons (Fsp3) is 0.438. The largest absolute Gasteiger partial charge is 0.332 e. The number of nitrogens with zero attached hydrogens (tertiary/aromatic N) is 3. The van der Waals surface area contributed by atoms with Crippen LogP contribution < -0.4 is 10.6 Å². The fourth-order valence-electron chi connectivity index (χ4n) is 2.34. The molecule has 2 aromatic rings. The molecule has 2 N–H and O–H groups in total. The van der Waals surface area contributed by atoms with Crippen molar-refractivity contribution < 1.29 is 4.79 Å². The highest BCUT2D eigenvalue weighted by molar-refractivity contribution is 5.88. The Morgan fingerprint density at radius 2 is 2.18 bits per heavy atom. The van der Waals surface area contributed by atoms with E-state index in [1.54, 1.807) is 12.4 Å². The fourth-order valence-corrected chi connectivity index (χ4v) is 2.34. The smallest absolute Gasteiger partial charge is 0.320 e. The van der Waals surface area contributed by atoms with Crippen LogP contribution in [-0.2, 0) is 13.1 Å². The van der Waals surface area contributed by atoms with Gasteiger partial charge in [-0.05, 0) is 44.2 Å². The molecule has 22 heavy (non-hydrogen) atoms. The van der Waals surface area contributed by atoms with Crippen molar-refractivity contribution in [2.45, 2.75) is 39.8 Å². The van der Waals surface area contributed by atoms with E-state index >= 15 is 0 Å². The first-order valence-corrected chi connectivity index (χ1v) is 7.61. The molecule has 0 saturated heterocycles. The summed E-state index contributed by atoms with van der Waals surface area (Å²) in [6, 6.07) is 3.64. The molecule has 1 aliphatic carbocycles. The standard InChI is InChI=1S/C16H21N5O/c1-11-4-3-7-17-14(11)9-18-16(22)20-15-12(2)8-19-21(15)10-13-5-6-13/h3-4,7-8,13H,5-6,9-10H2,1-2H3,(H2,18,20,22). The zero-order valence-corrected chi connectivity index (χ0v) is 13.0. The lowest BCUT2D eigenvalue weighted by Crippen LogP contribution is -2.30. The van der Waals surface area contributed by atoms with Gasteiger partial charge in [0.15, 0.2) is 0 Å². The molecular weight excluding hydrogens is 278 g/mol. The first-order valence-electron chi connectivity index (χ1n) is 7.61. The average Bonchev–Trinajstić information content (AvgIpc) is 3.26. The van der Waals surface area contributed by atoms with Crippen LogP contribution in [0.5, 0.6) is 0 Å². The number of hydrogen-bond donors (Lipinski definition) is 2. The summed E-state index contributed by atoms with van der Waals surface area (Å²) >= 11 is 0. The molecule has 0 atom stereocenters. The van der Waals surface area contributed by atoms with E-state index in [-0.39, 0.29) is 6.03 Å². The summed E-state index contributed by atoms with van der Waals surface area (Å²) in [6.45, 7) is 5.23. The number of aryl methyl sites for hydroxylation is 2. The zero-order valence-electron chi connectivity index (χ0n) is 13.0. The molecule has 0 radical (unpaired) electrons. The van der Waals surface area contributed by atoms with Gasteiger partial charge in [-0.3, -0.25) is 10.3 Å². The lowest BCUT2D eigenvalue weighted by molar-refractivity contribution is 0.251. The summed E-state index contributed by atoms with van der Waals surface area (Å²) in [6.07, 6.45) is 6.03. The number of amides is 2. The van der Waals surface area contributed by atoms with Crippen molar-refractivity contribution in [1.29, 1.82) is 0 Å². The van der Waals surface area contributed by atoms with Crippen LogP contribution in [0, 0.1) is 19.8 Å². The van der Waals surface area contributed by atoms with Crippen molar-refractivity contribution in [1.82, 2.24) is 20.1 Å². The van der Waals surface area contributed by atoms with Crippen LogP contribution in [0.25, 0.3) is 0 Å². The van der Waals surface area contributed by atoms with Crippen LogP contribution in [0.4, 0.5) is 10.6 Å². The summed E-state index contributed by atoms with van der Waals surface area (Å²) < 4.78 is 1.89. The van der Waals surface area contributed by atoms with Gasteiger partial charge in [0.05, 0.1) is 18.4 Å². The number of anilines is 1. The SMILES string of the molecule is Cc1cccnc1CNC(=O)Nc1c(C)cnn1CC1CC1. The average molecular weight is 299 g/mol. The quantitative estimate of drug-likeness (QED) is 0.891. The van der Waals surface area contributed by atoms with Crippen molar-refractivity contribution in [3.05, 3.63) is 41.3 Å². The Bertz CT molecular complexity index is 675. The van der Waals surface area contributed by atoms with Crippen molar-refractivity contribution in [2.75, 3.05) is 5.32 Å². The number of nitrogens with one attached hydrogen (secondary N) is 2. The summed E-state index contributed by atoms with van der Waals surface area (Å²) in [4.78, 5) is 16.4. The van der Waals surface area contributed by atoms with Gasteiger partial charge in [0.1, 0.15) is 5.82 Å². The van der Waals surface area contributed by atoms with E-state index in [4.69, 9.17) is 0 Å².